The van der Waals surface area contributed by atoms with Crippen molar-refractivity contribution in [2.45, 2.75) is 29.8 Å². The zero-order valence-corrected chi connectivity index (χ0v) is 20.7. The SMILES string of the molecule is O=C(c1cccc([N+](=O)[O-])c1)[C@@H]1[C@]2(C(=O)Nc3ccccc32)[C@H]2CCCN2[C@@]12C(=O)Nc1ccc(Cl)cc12. The molecule has 7 rings (SSSR count). The number of fused-ring (bicyclic) bond motifs is 7. The molecule has 4 aliphatic rings. The Morgan fingerprint density at radius 2 is 1.74 bits per heavy atom. The van der Waals surface area contributed by atoms with Gasteiger partial charge < -0.3 is 10.6 Å². The van der Waals surface area contributed by atoms with Crippen molar-refractivity contribution in [2.75, 3.05) is 17.2 Å². The van der Waals surface area contributed by atoms with Crippen LogP contribution in [0.4, 0.5) is 17.1 Å². The summed E-state index contributed by atoms with van der Waals surface area (Å²) in [6.45, 7) is 0.500. The fourth-order valence-electron chi connectivity index (χ4n) is 7.46. The predicted molar refractivity (Wildman–Crippen MR) is 139 cm³/mol. The van der Waals surface area contributed by atoms with Crippen LogP contribution in [0.1, 0.15) is 34.3 Å². The number of non-ortho nitro benzene ring substituents is 1. The van der Waals surface area contributed by atoms with E-state index >= 15 is 0 Å². The van der Waals surface area contributed by atoms with Gasteiger partial charge in [0.2, 0.25) is 11.8 Å². The van der Waals surface area contributed by atoms with E-state index in [0.29, 0.717) is 40.5 Å². The van der Waals surface area contributed by atoms with Gasteiger partial charge in [-0.1, -0.05) is 41.9 Å². The number of hydrogen-bond donors (Lipinski definition) is 2. The van der Waals surface area contributed by atoms with Crippen LogP contribution >= 0.6 is 11.6 Å². The summed E-state index contributed by atoms with van der Waals surface area (Å²) in [6.07, 6.45) is 1.34. The molecular formula is C28H21ClN4O5. The van der Waals surface area contributed by atoms with Gasteiger partial charge in [0.1, 0.15) is 11.0 Å². The van der Waals surface area contributed by atoms with Crippen molar-refractivity contribution in [3.8, 4) is 0 Å². The lowest BCUT2D eigenvalue weighted by atomic mass is 9.60. The highest BCUT2D eigenvalue weighted by Crippen LogP contribution is 2.66. The zero-order chi connectivity index (χ0) is 26.4. The minimum absolute atomic E-state index is 0.0737. The summed E-state index contributed by atoms with van der Waals surface area (Å²) in [4.78, 5) is 56.1. The second-order valence-electron chi connectivity index (χ2n) is 10.2. The summed E-state index contributed by atoms with van der Waals surface area (Å²) < 4.78 is 0. The number of benzene rings is 3. The van der Waals surface area contributed by atoms with E-state index < -0.39 is 39.5 Å². The number of nitro groups is 1. The molecule has 4 heterocycles. The normalized spacial score (nSPS) is 28.8. The van der Waals surface area contributed by atoms with Crippen molar-refractivity contribution >= 4 is 46.3 Å². The highest BCUT2D eigenvalue weighted by atomic mass is 35.5. The molecule has 190 valence electrons. The quantitative estimate of drug-likeness (QED) is 0.297. The molecule has 0 saturated carbocycles. The fourth-order valence-corrected chi connectivity index (χ4v) is 7.63. The molecule has 2 fully saturated rings. The molecule has 2 saturated heterocycles. The number of nitrogens with one attached hydrogen (secondary N) is 2. The third kappa shape index (κ3) is 2.62. The summed E-state index contributed by atoms with van der Waals surface area (Å²) in [7, 11) is 0. The molecule has 0 unspecified atom stereocenters. The van der Waals surface area contributed by atoms with Gasteiger partial charge in [-0.15, -0.1) is 0 Å². The maximum Gasteiger partial charge on any atom is 0.270 e. The lowest BCUT2D eigenvalue weighted by Crippen LogP contribution is -2.55. The highest BCUT2D eigenvalue weighted by Gasteiger charge is 2.78. The summed E-state index contributed by atoms with van der Waals surface area (Å²) in [5.41, 5.74) is -0.759. The molecule has 0 radical (unpaired) electrons. The highest BCUT2D eigenvalue weighted by molar-refractivity contribution is 6.31. The number of nitro benzene ring substituents is 1. The smallest absolute Gasteiger partial charge is 0.270 e. The fraction of sp³-hybridized carbons (Fsp3) is 0.250. The van der Waals surface area contributed by atoms with Gasteiger partial charge >= 0.3 is 0 Å². The van der Waals surface area contributed by atoms with Crippen LogP contribution in [0.25, 0.3) is 0 Å². The number of carbonyl (C=O) groups is 3. The number of para-hydroxylation sites is 1. The Morgan fingerprint density at radius 3 is 2.55 bits per heavy atom. The van der Waals surface area contributed by atoms with E-state index in [2.05, 4.69) is 10.6 Å². The molecule has 0 aliphatic carbocycles. The minimum Gasteiger partial charge on any atom is -0.325 e. The van der Waals surface area contributed by atoms with Crippen molar-refractivity contribution in [2.24, 2.45) is 5.92 Å². The van der Waals surface area contributed by atoms with E-state index in [9.17, 15) is 24.5 Å². The Balaban J connectivity index is 1.58. The lowest BCUT2D eigenvalue weighted by molar-refractivity contribution is -0.384. The van der Waals surface area contributed by atoms with E-state index in [1.807, 2.05) is 23.1 Å². The van der Waals surface area contributed by atoms with Crippen LogP contribution in [-0.4, -0.2) is 40.0 Å². The number of hydrogen-bond acceptors (Lipinski definition) is 6. The van der Waals surface area contributed by atoms with Crippen LogP contribution in [0.3, 0.4) is 0 Å². The first-order chi connectivity index (χ1) is 18.3. The number of amides is 2. The van der Waals surface area contributed by atoms with Crippen LogP contribution in [0, 0.1) is 16.0 Å². The number of nitrogens with zero attached hydrogens (tertiary/aromatic N) is 2. The van der Waals surface area contributed by atoms with Gasteiger partial charge in [-0.25, -0.2) is 0 Å². The molecule has 2 N–H and O–H groups in total. The van der Waals surface area contributed by atoms with Crippen molar-refractivity contribution in [1.29, 1.82) is 0 Å². The van der Waals surface area contributed by atoms with Gasteiger partial charge in [0.15, 0.2) is 5.78 Å². The van der Waals surface area contributed by atoms with E-state index in [1.54, 1.807) is 24.3 Å². The third-order valence-electron chi connectivity index (χ3n) is 8.69. The Hall–Kier alpha value is -4.08. The van der Waals surface area contributed by atoms with Crippen molar-refractivity contribution < 1.29 is 19.3 Å². The van der Waals surface area contributed by atoms with Crippen LogP contribution in [0.5, 0.6) is 0 Å². The molecule has 4 atom stereocenters. The van der Waals surface area contributed by atoms with Gasteiger partial charge in [-0.3, -0.25) is 29.4 Å². The standard InChI is InChI=1S/C28H21ClN4O5/c29-16-10-11-21-19(14-16)28(26(36)31-21)24(23(34)15-5-3-6-17(13-15)33(37)38)27(22-9-4-12-32(22)28)18-7-1-2-8-20(18)30-25(27)35/h1-3,5-8,10-11,13-14,22,24H,4,9,12H2,(H,30,35)(H,31,36)/t22-,24-,27-,28-/m1/s1. The van der Waals surface area contributed by atoms with E-state index in [4.69, 9.17) is 11.6 Å². The van der Waals surface area contributed by atoms with Crippen molar-refractivity contribution in [3.63, 3.8) is 0 Å². The molecule has 3 aromatic carbocycles. The van der Waals surface area contributed by atoms with Gasteiger partial charge in [-0.05, 0) is 49.2 Å². The number of Topliss-reactive ketones (excluding diaryl/α,β-unsaturated/α-hetero) is 1. The second-order valence-corrected chi connectivity index (χ2v) is 10.7. The molecule has 9 nitrogen and oxygen atoms in total. The molecule has 2 spiro atoms. The van der Waals surface area contributed by atoms with Gasteiger partial charge in [-0.2, -0.15) is 0 Å². The van der Waals surface area contributed by atoms with E-state index in [1.165, 1.54) is 24.3 Å². The van der Waals surface area contributed by atoms with Gasteiger partial charge in [0.05, 0.1) is 10.8 Å². The van der Waals surface area contributed by atoms with Gasteiger partial charge in [0, 0.05) is 45.7 Å². The third-order valence-corrected chi connectivity index (χ3v) is 8.93. The maximum absolute atomic E-state index is 14.7. The Bertz CT molecular complexity index is 1610. The summed E-state index contributed by atoms with van der Waals surface area (Å²) in [6, 6.07) is 17.4. The number of anilines is 2. The minimum atomic E-state index is -1.53. The average Bonchev–Trinajstić information content (AvgIpc) is 3.63. The first-order valence-corrected chi connectivity index (χ1v) is 12.8. The number of carbonyl (C=O) groups excluding carboxylic acids is 3. The van der Waals surface area contributed by atoms with Crippen molar-refractivity contribution in [1.82, 2.24) is 4.90 Å². The first kappa shape index (κ1) is 23.1. The molecule has 2 amide bonds. The number of halogens is 1. The first-order valence-electron chi connectivity index (χ1n) is 12.4. The molecule has 10 heteroatoms. The molecule has 0 aromatic heterocycles. The van der Waals surface area contributed by atoms with E-state index in [-0.39, 0.29) is 17.2 Å². The predicted octanol–water partition coefficient (Wildman–Crippen LogP) is 4.26. The van der Waals surface area contributed by atoms with Crippen LogP contribution in [-0.2, 0) is 20.5 Å². The van der Waals surface area contributed by atoms with Crippen LogP contribution < -0.4 is 10.6 Å². The molecule has 3 aromatic rings. The zero-order valence-electron chi connectivity index (χ0n) is 19.9. The average molecular weight is 529 g/mol. The van der Waals surface area contributed by atoms with Crippen LogP contribution in [0.2, 0.25) is 5.02 Å². The number of ketones is 1. The Kier molecular flexibility index (Phi) is 4.69. The summed E-state index contributed by atoms with van der Waals surface area (Å²) >= 11 is 6.44. The largest absolute Gasteiger partial charge is 0.325 e. The topological polar surface area (TPSA) is 122 Å². The lowest BCUT2D eigenvalue weighted by Gasteiger charge is -2.38. The molecular weight excluding hydrogens is 508 g/mol. The molecule has 38 heavy (non-hydrogen) atoms. The van der Waals surface area contributed by atoms with E-state index in [0.717, 1.165) is 6.42 Å². The Labute approximate surface area is 221 Å². The Morgan fingerprint density at radius 1 is 0.974 bits per heavy atom. The monoisotopic (exact) mass is 528 g/mol. The van der Waals surface area contributed by atoms with Crippen LogP contribution in [0.15, 0.2) is 66.7 Å². The maximum atomic E-state index is 14.7. The molecule has 4 aliphatic heterocycles. The number of rotatable bonds is 3. The molecule has 0 bridgehead atoms. The second kappa shape index (κ2) is 7.72. The van der Waals surface area contributed by atoms with Gasteiger partial charge in [0.25, 0.3) is 5.69 Å². The summed E-state index contributed by atoms with van der Waals surface area (Å²) in [5, 5.41) is 17.9. The summed E-state index contributed by atoms with van der Waals surface area (Å²) in [5.74, 6) is -2.46. The van der Waals surface area contributed by atoms with Crippen molar-refractivity contribution in [3.05, 3.63) is 98.6 Å².